The minimum absolute atomic E-state index is 0.0744. The van der Waals surface area contributed by atoms with Gasteiger partial charge in [-0.15, -0.1) is 0 Å². The smallest absolute Gasteiger partial charge is 0.328 e. The average molecular weight is 503 g/mol. The van der Waals surface area contributed by atoms with E-state index in [-0.39, 0.29) is 17.5 Å². The van der Waals surface area contributed by atoms with Crippen LogP contribution in [-0.4, -0.2) is 59.1 Å². The van der Waals surface area contributed by atoms with Crippen LogP contribution < -0.4 is 4.90 Å². The zero-order valence-electron chi connectivity index (χ0n) is 20.3. The highest BCUT2D eigenvalue weighted by molar-refractivity contribution is 5.93. The molecule has 0 radical (unpaired) electrons. The lowest BCUT2D eigenvalue weighted by Gasteiger charge is -2.35. The molecule has 2 N–H and O–H groups in total. The first-order chi connectivity index (χ1) is 17.2. The van der Waals surface area contributed by atoms with Crippen molar-refractivity contribution in [1.82, 2.24) is 4.90 Å². The molecule has 194 valence electrons. The van der Waals surface area contributed by atoms with Crippen LogP contribution in [0.2, 0.25) is 0 Å². The van der Waals surface area contributed by atoms with Gasteiger partial charge in [-0.1, -0.05) is 19.1 Å². The normalized spacial score (nSPS) is 14.2. The lowest BCUT2D eigenvalue weighted by atomic mass is 9.95. The van der Waals surface area contributed by atoms with Gasteiger partial charge in [-0.3, -0.25) is 4.79 Å². The molecule has 0 unspecified atom stereocenters. The zero-order chi connectivity index (χ0) is 26.5. The first-order valence-electron chi connectivity index (χ1n) is 11.8. The number of hydrogen-bond donors (Lipinski definition) is 2. The van der Waals surface area contributed by atoms with Crippen LogP contribution in [0.15, 0.2) is 60.7 Å². The third-order valence-electron chi connectivity index (χ3n) is 5.89. The monoisotopic (exact) mass is 502 g/mol. The molecule has 2 aromatic rings. The Balaban J connectivity index is 0.000000493. The van der Waals surface area contributed by atoms with E-state index in [1.807, 2.05) is 19.1 Å². The number of amides is 1. The predicted molar refractivity (Wildman–Crippen MR) is 133 cm³/mol. The lowest BCUT2D eigenvalue weighted by Crippen LogP contribution is -2.41. The third kappa shape index (κ3) is 10.4. The van der Waals surface area contributed by atoms with E-state index in [1.165, 1.54) is 24.3 Å². The topological polar surface area (TPSA) is 98.2 Å². The second kappa shape index (κ2) is 14.7. The molecule has 36 heavy (non-hydrogen) atoms. The molecule has 1 fully saturated rings. The number of carbonyl (C=O) groups excluding carboxylic acids is 1. The minimum atomic E-state index is -1.26. The summed E-state index contributed by atoms with van der Waals surface area (Å²) >= 11 is 0. The van der Waals surface area contributed by atoms with Gasteiger partial charge in [0.1, 0.15) is 11.6 Å². The summed E-state index contributed by atoms with van der Waals surface area (Å²) < 4.78 is 26.2. The van der Waals surface area contributed by atoms with Gasteiger partial charge in [0.2, 0.25) is 5.91 Å². The van der Waals surface area contributed by atoms with Gasteiger partial charge in [0, 0.05) is 37.3 Å². The van der Waals surface area contributed by atoms with Crippen LogP contribution >= 0.6 is 0 Å². The molecule has 7 nitrogen and oxygen atoms in total. The van der Waals surface area contributed by atoms with Crippen LogP contribution in [0.4, 0.5) is 14.5 Å². The van der Waals surface area contributed by atoms with E-state index < -0.39 is 11.9 Å². The highest BCUT2D eigenvalue weighted by atomic mass is 19.1. The highest BCUT2D eigenvalue weighted by Gasteiger charge is 2.24. The Morgan fingerprint density at radius 3 is 1.89 bits per heavy atom. The maximum atomic E-state index is 13.2. The van der Waals surface area contributed by atoms with E-state index in [1.54, 1.807) is 17.0 Å². The average Bonchev–Trinajstić information content (AvgIpc) is 2.87. The van der Waals surface area contributed by atoms with Gasteiger partial charge in [-0.2, -0.15) is 0 Å². The number of aliphatic carboxylic acids is 2. The summed E-state index contributed by atoms with van der Waals surface area (Å²) in [5.74, 6) is -2.48. The number of piperidine rings is 1. The van der Waals surface area contributed by atoms with Crippen molar-refractivity contribution in [2.75, 3.05) is 31.1 Å². The van der Waals surface area contributed by atoms with Gasteiger partial charge in [0.05, 0.1) is 0 Å². The Labute approximate surface area is 209 Å². The molecular weight excluding hydrogens is 470 g/mol. The number of anilines is 1. The summed E-state index contributed by atoms with van der Waals surface area (Å²) in [6.07, 6.45) is 4.55. The molecule has 1 aliphatic heterocycles. The summed E-state index contributed by atoms with van der Waals surface area (Å²) in [5, 5.41) is 15.6. The second-order valence-electron chi connectivity index (χ2n) is 8.51. The molecule has 0 atom stereocenters. The second-order valence-corrected chi connectivity index (χ2v) is 8.51. The molecular formula is C27H32F2N2O5. The first-order valence-corrected chi connectivity index (χ1v) is 11.8. The van der Waals surface area contributed by atoms with Gasteiger partial charge in [-0.05, 0) is 80.2 Å². The first kappa shape index (κ1) is 28.6. The molecule has 1 heterocycles. The van der Waals surface area contributed by atoms with Crippen LogP contribution in [0.25, 0.3) is 0 Å². The summed E-state index contributed by atoms with van der Waals surface area (Å²) in [6.45, 7) is 5.52. The maximum Gasteiger partial charge on any atom is 0.328 e. The van der Waals surface area contributed by atoms with Crippen molar-refractivity contribution < 1.29 is 33.4 Å². The number of carbonyl (C=O) groups is 3. The molecule has 1 aliphatic rings. The molecule has 2 aromatic carbocycles. The van der Waals surface area contributed by atoms with Crippen molar-refractivity contribution in [1.29, 1.82) is 0 Å². The van der Waals surface area contributed by atoms with Crippen molar-refractivity contribution in [3.05, 3.63) is 77.9 Å². The van der Waals surface area contributed by atoms with Crippen LogP contribution in [0.1, 0.15) is 31.7 Å². The van der Waals surface area contributed by atoms with E-state index in [0.717, 1.165) is 50.1 Å². The van der Waals surface area contributed by atoms with Crippen molar-refractivity contribution >= 4 is 23.5 Å². The van der Waals surface area contributed by atoms with Crippen molar-refractivity contribution in [3.63, 3.8) is 0 Å². The Bertz CT molecular complexity index is 1000. The molecule has 3 rings (SSSR count). The van der Waals surface area contributed by atoms with Gasteiger partial charge in [-0.25, -0.2) is 18.4 Å². The standard InChI is InChI=1S/C23H28F2N2O.C4H4O4/c1-2-23(28)27(22-9-7-21(25)8-10-22)17-19-12-15-26(16-13-19)14-11-18-3-5-20(24)6-4-18;5-3(6)1-2-4(7)8/h3-10,19H,2,11-17H2,1H3;1-2H,(H,5,6)(H,7,8)/b;2-1+. The quantitative estimate of drug-likeness (QED) is 0.494. The fraction of sp³-hybridized carbons (Fsp3) is 0.370. The molecule has 0 bridgehead atoms. The fourth-order valence-electron chi connectivity index (χ4n) is 3.89. The summed E-state index contributed by atoms with van der Waals surface area (Å²) in [6, 6.07) is 12.9. The van der Waals surface area contributed by atoms with Gasteiger partial charge in [0.15, 0.2) is 0 Å². The Morgan fingerprint density at radius 2 is 1.42 bits per heavy atom. The largest absolute Gasteiger partial charge is 0.478 e. The van der Waals surface area contributed by atoms with E-state index in [4.69, 9.17) is 10.2 Å². The third-order valence-corrected chi connectivity index (χ3v) is 5.89. The Kier molecular flexibility index (Phi) is 11.7. The fourth-order valence-corrected chi connectivity index (χ4v) is 3.89. The maximum absolute atomic E-state index is 13.2. The van der Waals surface area contributed by atoms with E-state index in [0.29, 0.717) is 31.0 Å². The molecule has 0 aliphatic carbocycles. The van der Waals surface area contributed by atoms with Crippen LogP contribution in [0.5, 0.6) is 0 Å². The Hall–Kier alpha value is -3.59. The number of rotatable bonds is 9. The number of carboxylic acids is 2. The molecule has 0 aromatic heterocycles. The number of carboxylic acid groups (broad SMARTS) is 2. The van der Waals surface area contributed by atoms with Crippen LogP contribution in [0, 0.1) is 17.6 Å². The van der Waals surface area contributed by atoms with Crippen LogP contribution in [-0.2, 0) is 20.8 Å². The lowest BCUT2D eigenvalue weighted by molar-refractivity contribution is -0.134. The SMILES string of the molecule is CCC(=O)N(CC1CCN(CCc2ccc(F)cc2)CC1)c1ccc(F)cc1.O=C(O)/C=C/C(=O)O. The van der Waals surface area contributed by atoms with Crippen molar-refractivity contribution in [2.45, 2.75) is 32.6 Å². The zero-order valence-corrected chi connectivity index (χ0v) is 20.3. The van der Waals surface area contributed by atoms with Crippen molar-refractivity contribution in [2.24, 2.45) is 5.92 Å². The molecule has 9 heteroatoms. The Morgan fingerprint density at radius 1 is 0.917 bits per heavy atom. The number of nitrogens with zero attached hydrogens (tertiary/aromatic N) is 2. The number of halogens is 2. The summed E-state index contributed by atoms with van der Waals surface area (Å²) in [7, 11) is 0. The van der Waals surface area contributed by atoms with E-state index in [9.17, 15) is 23.2 Å². The number of hydrogen-bond acceptors (Lipinski definition) is 4. The van der Waals surface area contributed by atoms with Crippen molar-refractivity contribution in [3.8, 4) is 0 Å². The van der Waals surface area contributed by atoms with Gasteiger partial charge >= 0.3 is 11.9 Å². The van der Waals surface area contributed by atoms with E-state index in [2.05, 4.69) is 4.90 Å². The highest BCUT2D eigenvalue weighted by Crippen LogP contribution is 2.23. The minimum Gasteiger partial charge on any atom is -0.478 e. The van der Waals surface area contributed by atoms with E-state index >= 15 is 0 Å². The molecule has 0 spiro atoms. The summed E-state index contributed by atoms with van der Waals surface area (Å²) in [5.41, 5.74) is 1.92. The van der Waals surface area contributed by atoms with Gasteiger partial charge < -0.3 is 20.0 Å². The van der Waals surface area contributed by atoms with Crippen LogP contribution in [0.3, 0.4) is 0 Å². The number of benzene rings is 2. The van der Waals surface area contributed by atoms with Gasteiger partial charge in [0.25, 0.3) is 0 Å². The number of likely N-dealkylation sites (tertiary alicyclic amines) is 1. The summed E-state index contributed by atoms with van der Waals surface area (Å²) in [4.78, 5) is 35.8. The molecule has 1 amide bonds. The molecule has 1 saturated heterocycles. The molecule has 0 saturated carbocycles. The predicted octanol–water partition coefficient (Wildman–Crippen LogP) is 4.37.